The van der Waals surface area contributed by atoms with Crippen molar-refractivity contribution < 1.29 is 14.1 Å². The van der Waals surface area contributed by atoms with E-state index in [0.29, 0.717) is 5.56 Å². The summed E-state index contributed by atoms with van der Waals surface area (Å²) in [4.78, 5) is 11.0. The zero-order valence-corrected chi connectivity index (χ0v) is 11.1. The third kappa shape index (κ3) is 3.67. The maximum absolute atomic E-state index is 12.0. The summed E-state index contributed by atoms with van der Waals surface area (Å²) in [6, 6.07) is 8.68. The summed E-state index contributed by atoms with van der Waals surface area (Å²) < 4.78 is 12.0. The van der Waals surface area contributed by atoms with Crippen molar-refractivity contribution in [3.05, 3.63) is 35.4 Å². The van der Waals surface area contributed by atoms with Crippen LogP contribution >= 0.6 is 0 Å². The quantitative estimate of drug-likeness (QED) is 0.882. The molecule has 0 aliphatic rings. The van der Waals surface area contributed by atoms with Crippen LogP contribution in [0.4, 0.5) is 0 Å². The van der Waals surface area contributed by atoms with E-state index in [4.69, 9.17) is 10.4 Å². The van der Waals surface area contributed by atoms with Crippen LogP contribution in [0.2, 0.25) is 0 Å². The van der Waals surface area contributed by atoms with Gasteiger partial charge in [0.15, 0.2) is 0 Å². The number of hydrogen-bond donors (Lipinski definition) is 1. The molecule has 0 aliphatic heterocycles. The molecule has 5 heteroatoms. The molecule has 0 radical (unpaired) electrons. The highest BCUT2D eigenvalue weighted by molar-refractivity contribution is 7.85. The predicted octanol–water partition coefficient (Wildman–Crippen LogP) is 1.92. The Kier molecular flexibility index (Phi) is 5.05. The van der Waals surface area contributed by atoms with Crippen molar-refractivity contribution in [2.24, 2.45) is 5.92 Å². The van der Waals surface area contributed by atoms with E-state index in [0.717, 1.165) is 5.56 Å². The molecule has 0 saturated heterocycles. The van der Waals surface area contributed by atoms with Gasteiger partial charge in [-0.25, -0.2) is 0 Å². The average molecular weight is 265 g/mol. The molecule has 0 aliphatic carbocycles. The lowest BCUT2D eigenvalue weighted by molar-refractivity contribution is -0.137. The van der Waals surface area contributed by atoms with Gasteiger partial charge < -0.3 is 5.11 Å². The van der Waals surface area contributed by atoms with Gasteiger partial charge in [-0.15, -0.1) is 0 Å². The Balaban J connectivity index is 2.80. The molecule has 0 amide bonds. The number of nitriles is 1. The van der Waals surface area contributed by atoms with Gasteiger partial charge >= 0.3 is 5.97 Å². The standard InChI is InChI=1S/C13H15NO3S/c1-9(2)12(13(15)16)18(17)8-11-5-3-10(7-14)4-6-11/h3-6,9,12H,8H2,1-2H3,(H,15,16). The van der Waals surface area contributed by atoms with Crippen LogP contribution in [-0.4, -0.2) is 20.5 Å². The van der Waals surface area contributed by atoms with Crippen molar-refractivity contribution in [3.63, 3.8) is 0 Å². The van der Waals surface area contributed by atoms with Crippen LogP contribution in [0.5, 0.6) is 0 Å². The van der Waals surface area contributed by atoms with E-state index in [-0.39, 0.29) is 11.7 Å². The molecule has 4 nitrogen and oxygen atoms in total. The van der Waals surface area contributed by atoms with Gasteiger partial charge in [-0.3, -0.25) is 9.00 Å². The first-order chi connectivity index (χ1) is 8.45. The third-order valence-corrected chi connectivity index (χ3v) is 4.45. The highest BCUT2D eigenvalue weighted by Crippen LogP contribution is 2.15. The van der Waals surface area contributed by atoms with Crippen LogP contribution < -0.4 is 0 Å². The molecule has 96 valence electrons. The highest BCUT2D eigenvalue weighted by atomic mass is 32.2. The number of nitrogens with zero attached hydrogens (tertiary/aromatic N) is 1. The lowest BCUT2D eigenvalue weighted by Gasteiger charge is -2.15. The second-order valence-electron chi connectivity index (χ2n) is 4.34. The second-order valence-corrected chi connectivity index (χ2v) is 5.89. The first-order valence-corrected chi connectivity index (χ1v) is 6.93. The van der Waals surface area contributed by atoms with Crippen molar-refractivity contribution in [1.29, 1.82) is 5.26 Å². The molecule has 1 rings (SSSR count). The van der Waals surface area contributed by atoms with Gasteiger partial charge in [-0.05, 0) is 23.6 Å². The fraction of sp³-hybridized carbons (Fsp3) is 0.385. The van der Waals surface area contributed by atoms with Crippen LogP contribution in [0.1, 0.15) is 25.0 Å². The lowest BCUT2D eigenvalue weighted by Crippen LogP contribution is -2.31. The van der Waals surface area contributed by atoms with Gasteiger partial charge in [0.2, 0.25) is 0 Å². The SMILES string of the molecule is CC(C)C(C(=O)O)S(=O)Cc1ccc(C#N)cc1. The summed E-state index contributed by atoms with van der Waals surface area (Å²) >= 11 is 0. The second kappa shape index (κ2) is 6.31. The zero-order chi connectivity index (χ0) is 13.7. The number of rotatable bonds is 5. The van der Waals surface area contributed by atoms with Gasteiger partial charge in [0, 0.05) is 16.6 Å². The number of carbonyl (C=O) groups is 1. The van der Waals surface area contributed by atoms with Crippen molar-refractivity contribution in [1.82, 2.24) is 0 Å². The molecule has 1 aromatic carbocycles. The molecule has 0 saturated carbocycles. The Morgan fingerprint density at radius 1 is 1.39 bits per heavy atom. The van der Waals surface area contributed by atoms with Crippen LogP contribution in [0.15, 0.2) is 24.3 Å². The summed E-state index contributed by atoms with van der Waals surface area (Å²) in [5, 5.41) is 16.8. The van der Waals surface area contributed by atoms with Gasteiger partial charge in [-0.1, -0.05) is 26.0 Å². The van der Waals surface area contributed by atoms with Crippen LogP contribution in [-0.2, 0) is 21.3 Å². The minimum atomic E-state index is -1.46. The summed E-state index contributed by atoms with van der Waals surface area (Å²) in [5.41, 5.74) is 1.31. The molecule has 2 atom stereocenters. The number of carboxylic acids is 1. The Morgan fingerprint density at radius 2 is 1.94 bits per heavy atom. The molecular formula is C13H15NO3S. The number of aliphatic carboxylic acids is 1. The van der Waals surface area contributed by atoms with E-state index in [2.05, 4.69) is 0 Å². The van der Waals surface area contributed by atoms with Crippen molar-refractivity contribution in [2.75, 3.05) is 0 Å². The van der Waals surface area contributed by atoms with E-state index in [1.165, 1.54) is 0 Å². The normalized spacial score (nSPS) is 13.9. The summed E-state index contributed by atoms with van der Waals surface area (Å²) in [5.74, 6) is -1.01. The summed E-state index contributed by atoms with van der Waals surface area (Å²) in [6.45, 7) is 3.49. The Morgan fingerprint density at radius 3 is 2.33 bits per heavy atom. The number of hydrogen-bond acceptors (Lipinski definition) is 3. The van der Waals surface area contributed by atoms with Gasteiger partial charge in [-0.2, -0.15) is 5.26 Å². The molecule has 0 fully saturated rings. The van der Waals surface area contributed by atoms with Crippen LogP contribution in [0.25, 0.3) is 0 Å². The van der Waals surface area contributed by atoms with E-state index < -0.39 is 22.0 Å². The fourth-order valence-electron chi connectivity index (χ4n) is 1.63. The minimum Gasteiger partial charge on any atom is -0.480 e. The molecule has 0 aromatic heterocycles. The number of benzene rings is 1. The number of carboxylic acid groups (broad SMARTS) is 1. The van der Waals surface area contributed by atoms with Crippen molar-refractivity contribution in [3.8, 4) is 6.07 Å². The molecule has 0 bridgehead atoms. The smallest absolute Gasteiger partial charge is 0.319 e. The molecule has 0 heterocycles. The molecule has 0 spiro atoms. The first-order valence-electron chi connectivity index (χ1n) is 5.54. The Hall–Kier alpha value is -1.67. The van der Waals surface area contributed by atoms with Gasteiger partial charge in [0.1, 0.15) is 5.25 Å². The summed E-state index contributed by atoms with van der Waals surface area (Å²) in [6.07, 6.45) is 0. The topological polar surface area (TPSA) is 78.2 Å². The molecule has 1 aromatic rings. The van der Waals surface area contributed by atoms with E-state index in [9.17, 15) is 9.00 Å². The Labute approximate surface area is 109 Å². The maximum atomic E-state index is 12.0. The highest BCUT2D eigenvalue weighted by Gasteiger charge is 2.27. The molecule has 1 N–H and O–H groups in total. The zero-order valence-electron chi connectivity index (χ0n) is 10.3. The molecule has 18 heavy (non-hydrogen) atoms. The fourth-order valence-corrected chi connectivity index (χ4v) is 3.16. The molecular weight excluding hydrogens is 250 g/mol. The Bertz CT molecular complexity index is 488. The van der Waals surface area contributed by atoms with E-state index >= 15 is 0 Å². The van der Waals surface area contributed by atoms with E-state index in [1.54, 1.807) is 38.1 Å². The monoisotopic (exact) mass is 265 g/mol. The predicted molar refractivity (Wildman–Crippen MR) is 69.3 cm³/mol. The van der Waals surface area contributed by atoms with Crippen LogP contribution in [0, 0.1) is 17.2 Å². The van der Waals surface area contributed by atoms with Crippen LogP contribution in [0.3, 0.4) is 0 Å². The lowest BCUT2D eigenvalue weighted by atomic mass is 10.1. The van der Waals surface area contributed by atoms with E-state index in [1.807, 2.05) is 6.07 Å². The average Bonchev–Trinajstić information content (AvgIpc) is 2.28. The maximum Gasteiger partial charge on any atom is 0.319 e. The third-order valence-electron chi connectivity index (χ3n) is 2.52. The van der Waals surface area contributed by atoms with Crippen molar-refractivity contribution >= 4 is 16.8 Å². The first kappa shape index (κ1) is 14.4. The molecule has 2 unspecified atom stereocenters. The van der Waals surface area contributed by atoms with Gasteiger partial charge in [0.25, 0.3) is 0 Å². The van der Waals surface area contributed by atoms with Gasteiger partial charge in [0.05, 0.1) is 11.6 Å². The minimum absolute atomic E-state index is 0.179. The largest absolute Gasteiger partial charge is 0.480 e. The van der Waals surface area contributed by atoms with Crippen molar-refractivity contribution in [2.45, 2.75) is 24.9 Å². The summed E-state index contributed by atoms with van der Waals surface area (Å²) in [7, 11) is -1.46.